The average molecular weight is 297 g/mol. The molecule has 0 aliphatic carbocycles. The van der Waals surface area contributed by atoms with Gasteiger partial charge in [-0.25, -0.2) is 4.98 Å². The summed E-state index contributed by atoms with van der Waals surface area (Å²) in [5.74, 6) is 1.51. The summed E-state index contributed by atoms with van der Waals surface area (Å²) in [7, 11) is 1.74. The normalized spacial score (nSPS) is 22.7. The number of hydrogen-bond acceptors (Lipinski definition) is 5. The van der Waals surface area contributed by atoms with Gasteiger partial charge in [-0.15, -0.1) is 11.3 Å². The third-order valence-electron chi connectivity index (χ3n) is 4.02. The Hall–Kier alpha value is -0.650. The Morgan fingerprint density at radius 1 is 1.35 bits per heavy atom. The van der Waals surface area contributed by atoms with Gasteiger partial charge in [-0.2, -0.15) is 0 Å². The smallest absolute Gasteiger partial charge is 0.185 e. The van der Waals surface area contributed by atoms with Crippen LogP contribution in [-0.2, 0) is 17.9 Å². The summed E-state index contributed by atoms with van der Waals surface area (Å²) < 4.78 is 5.29. The van der Waals surface area contributed by atoms with Gasteiger partial charge >= 0.3 is 0 Å². The Balaban J connectivity index is 2.08. The van der Waals surface area contributed by atoms with Crippen LogP contribution in [-0.4, -0.2) is 31.7 Å². The van der Waals surface area contributed by atoms with Crippen molar-refractivity contribution in [1.29, 1.82) is 0 Å². The fraction of sp³-hybridized carbons (Fsp3) is 0.800. The Bertz CT molecular complexity index is 411. The number of nitrogens with zero attached hydrogens (tertiary/aromatic N) is 2. The number of rotatable bonds is 7. The summed E-state index contributed by atoms with van der Waals surface area (Å²) in [4.78, 5) is 8.56. The van der Waals surface area contributed by atoms with E-state index in [2.05, 4.69) is 31.0 Å². The third kappa shape index (κ3) is 3.71. The summed E-state index contributed by atoms with van der Waals surface area (Å²) >= 11 is 1.82. The maximum absolute atomic E-state index is 5.29. The van der Waals surface area contributed by atoms with Crippen LogP contribution in [0.5, 0.6) is 0 Å². The van der Waals surface area contributed by atoms with Crippen LogP contribution in [0.3, 0.4) is 0 Å². The minimum atomic E-state index is 0.610. The molecule has 4 nitrogen and oxygen atoms in total. The molecule has 114 valence electrons. The van der Waals surface area contributed by atoms with E-state index >= 15 is 0 Å². The maximum atomic E-state index is 5.29. The lowest BCUT2D eigenvalue weighted by atomic mass is 10.0. The quantitative estimate of drug-likeness (QED) is 0.785. The van der Waals surface area contributed by atoms with E-state index < -0.39 is 0 Å². The summed E-state index contributed by atoms with van der Waals surface area (Å²) in [6.45, 7) is 11.7. The Labute approximate surface area is 126 Å². The second-order valence-electron chi connectivity index (χ2n) is 5.84. The highest BCUT2D eigenvalue weighted by Gasteiger charge is 2.28. The largest absolute Gasteiger partial charge is 0.378 e. The zero-order chi connectivity index (χ0) is 14.5. The van der Waals surface area contributed by atoms with Gasteiger partial charge in [0, 0.05) is 31.6 Å². The predicted octanol–water partition coefficient (Wildman–Crippen LogP) is 2.88. The van der Waals surface area contributed by atoms with Crippen LogP contribution in [0.15, 0.2) is 0 Å². The molecule has 1 N–H and O–H groups in total. The van der Waals surface area contributed by atoms with Gasteiger partial charge in [0.05, 0.1) is 12.3 Å². The van der Waals surface area contributed by atoms with Crippen LogP contribution < -0.4 is 10.2 Å². The summed E-state index contributed by atoms with van der Waals surface area (Å²) in [5, 5.41) is 4.64. The standard InChI is InChI=1S/C15H27N3OS/c1-5-6-16-7-14-13(10-19-4)17-15(20-14)18-8-11(2)12(3)9-18/h11-12,16H,5-10H2,1-4H3. The van der Waals surface area contributed by atoms with E-state index in [9.17, 15) is 0 Å². The molecule has 1 aromatic heterocycles. The first-order valence-electron chi connectivity index (χ1n) is 7.58. The van der Waals surface area contributed by atoms with E-state index in [4.69, 9.17) is 9.72 Å². The Morgan fingerprint density at radius 2 is 2.05 bits per heavy atom. The molecule has 2 rings (SSSR count). The highest BCUT2D eigenvalue weighted by atomic mass is 32.1. The summed E-state index contributed by atoms with van der Waals surface area (Å²) in [6, 6.07) is 0. The van der Waals surface area contributed by atoms with Gasteiger partial charge in [0.2, 0.25) is 0 Å². The van der Waals surface area contributed by atoms with Crippen LogP contribution in [0, 0.1) is 11.8 Å². The molecule has 1 saturated heterocycles. The topological polar surface area (TPSA) is 37.4 Å². The van der Waals surface area contributed by atoms with Crippen molar-refractivity contribution in [2.24, 2.45) is 11.8 Å². The van der Waals surface area contributed by atoms with Gasteiger partial charge in [-0.3, -0.25) is 0 Å². The second kappa shape index (κ2) is 7.38. The lowest BCUT2D eigenvalue weighted by molar-refractivity contribution is 0.181. The number of methoxy groups -OCH3 is 1. The Morgan fingerprint density at radius 3 is 2.65 bits per heavy atom. The lowest BCUT2D eigenvalue weighted by Crippen LogP contribution is -2.19. The zero-order valence-electron chi connectivity index (χ0n) is 13.1. The molecule has 2 unspecified atom stereocenters. The molecule has 1 aromatic rings. The first-order valence-corrected chi connectivity index (χ1v) is 8.40. The van der Waals surface area contributed by atoms with Crippen LogP contribution in [0.4, 0.5) is 5.13 Å². The molecule has 1 aliphatic rings. The number of ether oxygens (including phenoxy) is 1. The first-order chi connectivity index (χ1) is 9.65. The van der Waals surface area contributed by atoms with Crippen molar-refractivity contribution >= 4 is 16.5 Å². The molecule has 0 bridgehead atoms. The van der Waals surface area contributed by atoms with Gasteiger partial charge in [-0.05, 0) is 24.8 Å². The molecule has 5 heteroatoms. The van der Waals surface area contributed by atoms with E-state index in [-0.39, 0.29) is 0 Å². The van der Waals surface area contributed by atoms with Crippen molar-refractivity contribution in [2.45, 2.75) is 40.3 Å². The molecule has 1 fully saturated rings. The van der Waals surface area contributed by atoms with Gasteiger partial charge in [-0.1, -0.05) is 20.8 Å². The average Bonchev–Trinajstić information content (AvgIpc) is 2.96. The Kier molecular flexibility index (Phi) is 5.81. The molecule has 0 amide bonds. The first kappa shape index (κ1) is 15.7. The van der Waals surface area contributed by atoms with Crippen LogP contribution in [0.2, 0.25) is 0 Å². The summed E-state index contributed by atoms with van der Waals surface area (Å²) in [6.07, 6.45) is 1.16. The molecule has 1 aliphatic heterocycles. The highest BCUT2D eigenvalue weighted by Crippen LogP contribution is 2.32. The van der Waals surface area contributed by atoms with E-state index in [0.29, 0.717) is 6.61 Å². The van der Waals surface area contributed by atoms with E-state index in [1.807, 2.05) is 11.3 Å². The fourth-order valence-electron chi connectivity index (χ4n) is 2.56. The van der Waals surface area contributed by atoms with Crippen LogP contribution in [0.1, 0.15) is 37.8 Å². The molecule has 2 heterocycles. The molecular weight excluding hydrogens is 270 g/mol. The van der Waals surface area contributed by atoms with Gasteiger partial charge < -0.3 is 15.0 Å². The minimum absolute atomic E-state index is 0.610. The van der Waals surface area contributed by atoms with E-state index in [0.717, 1.165) is 50.1 Å². The van der Waals surface area contributed by atoms with Crippen molar-refractivity contribution in [3.05, 3.63) is 10.6 Å². The number of nitrogens with one attached hydrogen (secondary N) is 1. The molecule has 0 saturated carbocycles. The van der Waals surface area contributed by atoms with Crippen molar-refractivity contribution in [3.63, 3.8) is 0 Å². The van der Waals surface area contributed by atoms with Crippen LogP contribution >= 0.6 is 11.3 Å². The predicted molar refractivity (Wildman–Crippen MR) is 85.4 cm³/mol. The highest BCUT2D eigenvalue weighted by molar-refractivity contribution is 7.15. The maximum Gasteiger partial charge on any atom is 0.185 e. The van der Waals surface area contributed by atoms with Crippen LogP contribution in [0.25, 0.3) is 0 Å². The second-order valence-corrected chi connectivity index (χ2v) is 6.90. The number of aromatic nitrogens is 1. The monoisotopic (exact) mass is 297 g/mol. The minimum Gasteiger partial charge on any atom is -0.378 e. The summed E-state index contributed by atoms with van der Waals surface area (Å²) in [5.41, 5.74) is 1.10. The number of hydrogen-bond donors (Lipinski definition) is 1. The fourth-order valence-corrected chi connectivity index (χ4v) is 3.61. The van der Waals surface area contributed by atoms with Crippen molar-refractivity contribution in [3.8, 4) is 0 Å². The van der Waals surface area contributed by atoms with Gasteiger partial charge in [0.25, 0.3) is 0 Å². The molecule has 0 spiro atoms. The molecule has 0 aromatic carbocycles. The van der Waals surface area contributed by atoms with Gasteiger partial charge in [0.1, 0.15) is 0 Å². The number of thiazole rings is 1. The molecule has 2 atom stereocenters. The SMILES string of the molecule is CCCNCc1sc(N2CC(C)C(C)C2)nc1COC. The molecular formula is C15H27N3OS. The number of anilines is 1. The van der Waals surface area contributed by atoms with E-state index in [1.165, 1.54) is 10.0 Å². The molecule has 0 radical (unpaired) electrons. The molecule has 20 heavy (non-hydrogen) atoms. The van der Waals surface area contributed by atoms with E-state index in [1.54, 1.807) is 7.11 Å². The van der Waals surface area contributed by atoms with Crippen molar-refractivity contribution < 1.29 is 4.74 Å². The zero-order valence-corrected chi connectivity index (χ0v) is 13.9. The van der Waals surface area contributed by atoms with Crippen molar-refractivity contribution in [1.82, 2.24) is 10.3 Å². The third-order valence-corrected chi connectivity index (χ3v) is 5.18. The van der Waals surface area contributed by atoms with Crippen molar-refractivity contribution in [2.75, 3.05) is 31.6 Å². The van der Waals surface area contributed by atoms with Gasteiger partial charge in [0.15, 0.2) is 5.13 Å². The lowest BCUT2D eigenvalue weighted by Gasteiger charge is -2.13.